The van der Waals surface area contributed by atoms with Crippen LogP contribution in [0.5, 0.6) is 11.5 Å². The Hall–Kier alpha value is -3.95. The van der Waals surface area contributed by atoms with E-state index in [4.69, 9.17) is 9.47 Å². The van der Waals surface area contributed by atoms with Gasteiger partial charge >= 0.3 is 0 Å². The maximum atomic E-state index is 12.5. The standard InChI is InChI=1S/C19H15N3O7/c23-16(20-8-11-10-28-14-6-1-2-7-15(14)29-11)9-21-18(24)12-4-3-5-13(22(26)27)17(12)19(21)25/h1-7,11H,8-10H2,(H,20,23)/t11-/m1/s1. The number of ether oxygens (including phenoxy) is 2. The second-order valence-corrected chi connectivity index (χ2v) is 6.45. The van der Waals surface area contributed by atoms with Crippen molar-refractivity contribution in [2.45, 2.75) is 6.10 Å². The Labute approximate surface area is 164 Å². The average molecular weight is 397 g/mol. The number of benzene rings is 2. The van der Waals surface area contributed by atoms with Crippen molar-refractivity contribution in [3.8, 4) is 11.5 Å². The van der Waals surface area contributed by atoms with E-state index >= 15 is 0 Å². The minimum atomic E-state index is -0.862. The molecule has 0 bridgehead atoms. The highest BCUT2D eigenvalue weighted by molar-refractivity contribution is 6.24. The summed E-state index contributed by atoms with van der Waals surface area (Å²) in [6.07, 6.45) is -0.433. The topological polar surface area (TPSA) is 128 Å². The van der Waals surface area contributed by atoms with Crippen molar-refractivity contribution in [2.24, 2.45) is 0 Å². The lowest BCUT2D eigenvalue weighted by atomic mass is 10.1. The van der Waals surface area contributed by atoms with Gasteiger partial charge in [-0.15, -0.1) is 0 Å². The monoisotopic (exact) mass is 397 g/mol. The van der Waals surface area contributed by atoms with E-state index in [-0.39, 0.29) is 24.3 Å². The summed E-state index contributed by atoms with van der Waals surface area (Å²) in [6.45, 7) is -0.208. The highest BCUT2D eigenvalue weighted by atomic mass is 16.6. The molecule has 0 aliphatic carbocycles. The minimum absolute atomic E-state index is 0.0855. The van der Waals surface area contributed by atoms with Gasteiger partial charge in [0.15, 0.2) is 11.5 Å². The van der Waals surface area contributed by atoms with Gasteiger partial charge in [0.05, 0.1) is 17.0 Å². The molecule has 0 fully saturated rings. The molecule has 10 nitrogen and oxygen atoms in total. The molecule has 2 aliphatic heterocycles. The van der Waals surface area contributed by atoms with Crippen molar-refractivity contribution < 1.29 is 28.8 Å². The van der Waals surface area contributed by atoms with E-state index in [1.54, 1.807) is 18.2 Å². The largest absolute Gasteiger partial charge is 0.486 e. The van der Waals surface area contributed by atoms with Crippen LogP contribution in [0.4, 0.5) is 5.69 Å². The van der Waals surface area contributed by atoms with Gasteiger partial charge in [-0.1, -0.05) is 18.2 Å². The average Bonchev–Trinajstić information content (AvgIpc) is 2.97. The molecule has 0 unspecified atom stereocenters. The number of nitrogens with one attached hydrogen (secondary N) is 1. The van der Waals surface area contributed by atoms with Gasteiger partial charge in [0.2, 0.25) is 5.91 Å². The summed E-state index contributed by atoms with van der Waals surface area (Å²) in [5.41, 5.74) is -0.844. The van der Waals surface area contributed by atoms with Crippen LogP contribution in [-0.2, 0) is 4.79 Å². The number of imide groups is 1. The molecule has 4 rings (SSSR count). The molecular weight excluding hydrogens is 382 g/mol. The Morgan fingerprint density at radius 1 is 1.14 bits per heavy atom. The first-order chi connectivity index (χ1) is 14.0. The van der Waals surface area contributed by atoms with Crippen LogP contribution in [0.1, 0.15) is 20.7 Å². The smallest absolute Gasteiger partial charge is 0.282 e. The van der Waals surface area contributed by atoms with E-state index in [1.165, 1.54) is 12.1 Å². The maximum absolute atomic E-state index is 12.5. The number of rotatable bonds is 5. The van der Waals surface area contributed by atoms with Gasteiger partial charge in [0.25, 0.3) is 17.5 Å². The zero-order valence-corrected chi connectivity index (χ0v) is 15.0. The van der Waals surface area contributed by atoms with E-state index in [9.17, 15) is 24.5 Å². The lowest BCUT2D eigenvalue weighted by molar-refractivity contribution is -0.385. The molecule has 0 spiro atoms. The molecule has 2 heterocycles. The van der Waals surface area contributed by atoms with Crippen molar-refractivity contribution in [2.75, 3.05) is 19.7 Å². The number of carbonyl (C=O) groups is 3. The number of hydrogen-bond acceptors (Lipinski definition) is 7. The molecule has 29 heavy (non-hydrogen) atoms. The van der Waals surface area contributed by atoms with Crippen LogP contribution in [0.25, 0.3) is 0 Å². The van der Waals surface area contributed by atoms with Gasteiger partial charge in [-0.3, -0.25) is 29.4 Å². The summed E-state index contributed by atoms with van der Waals surface area (Å²) >= 11 is 0. The first-order valence-electron chi connectivity index (χ1n) is 8.74. The van der Waals surface area contributed by atoms with Gasteiger partial charge < -0.3 is 14.8 Å². The molecule has 10 heteroatoms. The first-order valence-corrected chi connectivity index (χ1v) is 8.74. The Bertz CT molecular complexity index is 1040. The second-order valence-electron chi connectivity index (χ2n) is 6.45. The Morgan fingerprint density at radius 3 is 2.66 bits per heavy atom. The highest BCUT2D eigenvalue weighted by Gasteiger charge is 2.41. The molecule has 2 aliphatic rings. The predicted molar refractivity (Wildman–Crippen MR) is 97.8 cm³/mol. The van der Waals surface area contributed by atoms with Gasteiger partial charge in [-0.25, -0.2) is 0 Å². The number of amides is 3. The number of nitro benzene ring substituents is 1. The lowest BCUT2D eigenvalue weighted by Gasteiger charge is -2.26. The molecule has 0 aromatic heterocycles. The van der Waals surface area contributed by atoms with Crippen molar-refractivity contribution in [1.82, 2.24) is 10.2 Å². The zero-order valence-electron chi connectivity index (χ0n) is 15.0. The normalized spacial score (nSPS) is 17.1. The van der Waals surface area contributed by atoms with E-state index in [2.05, 4.69) is 5.32 Å². The Kier molecular flexibility index (Phi) is 4.59. The molecule has 2 aromatic carbocycles. The summed E-state index contributed by atoms with van der Waals surface area (Å²) in [4.78, 5) is 48.3. The van der Waals surface area contributed by atoms with Gasteiger partial charge in [-0.05, 0) is 18.2 Å². The first kappa shape index (κ1) is 18.4. The van der Waals surface area contributed by atoms with Crippen molar-refractivity contribution in [3.63, 3.8) is 0 Å². The van der Waals surface area contributed by atoms with Crippen molar-refractivity contribution in [3.05, 3.63) is 63.7 Å². The molecule has 148 valence electrons. The van der Waals surface area contributed by atoms with Gasteiger partial charge in [0, 0.05) is 6.07 Å². The van der Waals surface area contributed by atoms with Crippen LogP contribution in [0.2, 0.25) is 0 Å². The molecule has 0 saturated carbocycles. The number of carbonyl (C=O) groups excluding carboxylic acids is 3. The fourth-order valence-corrected chi connectivity index (χ4v) is 3.20. The summed E-state index contributed by atoms with van der Waals surface area (Å²) < 4.78 is 11.3. The van der Waals surface area contributed by atoms with Crippen LogP contribution < -0.4 is 14.8 Å². The molecular formula is C19H15N3O7. The van der Waals surface area contributed by atoms with Crippen LogP contribution in [0.15, 0.2) is 42.5 Å². The molecule has 0 saturated heterocycles. The molecule has 1 N–H and O–H groups in total. The summed E-state index contributed by atoms with van der Waals surface area (Å²) in [6, 6.07) is 10.9. The van der Waals surface area contributed by atoms with E-state index < -0.39 is 41.0 Å². The number of nitro groups is 1. The molecule has 2 aromatic rings. The number of hydrogen-bond donors (Lipinski definition) is 1. The fraction of sp³-hybridized carbons (Fsp3) is 0.211. The quantitative estimate of drug-likeness (QED) is 0.455. The van der Waals surface area contributed by atoms with E-state index in [0.717, 1.165) is 6.07 Å². The number of para-hydroxylation sites is 2. The SMILES string of the molecule is O=C(CN1C(=O)c2cccc([N+](=O)[O-])c2C1=O)NC[C@@H]1COc2ccccc2O1. The zero-order chi connectivity index (χ0) is 20.5. The van der Waals surface area contributed by atoms with Crippen LogP contribution in [-0.4, -0.2) is 53.3 Å². The van der Waals surface area contributed by atoms with Crippen LogP contribution in [0.3, 0.4) is 0 Å². The van der Waals surface area contributed by atoms with E-state index in [0.29, 0.717) is 16.4 Å². The van der Waals surface area contributed by atoms with Crippen LogP contribution in [0, 0.1) is 10.1 Å². The third-order valence-electron chi connectivity index (χ3n) is 4.57. The van der Waals surface area contributed by atoms with E-state index in [1.807, 2.05) is 6.07 Å². The lowest BCUT2D eigenvalue weighted by Crippen LogP contribution is -2.45. The minimum Gasteiger partial charge on any atom is -0.486 e. The summed E-state index contributed by atoms with van der Waals surface area (Å²) in [7, 11) is 0. The summed E-state index contributed by atoms with van der Waals surface area (Å²) in [5, 5.41) is 13.7. The number of nitrogens with zero attached hydrogens (tertiary/aromatic N) is 2. The van der Waals surface area contributed by atoms with Gasteiger partial charge in [-0.2, -0.15) is 0 Å². The summed E-state index contributed by atoms with van der Waals surface area (Å²) in [5.74, 6) is -1.02. The Balaban J connectivity index is 1.38. The molecule has 0 radical (unpaired) electrons. The third kappa shape index (κ3) is 3.35. The van der Waals surface area contributed by atoms with Crippen molar-refractivity contribution >= 4 is 23.4 Å². The maximum Gasteiger partial charge on any atom is 0.282 e. The number of fused-ring (bicyclic) bond motifs is 2. The Morgan fingerprint density at radius 2 is 1.90 bits per heavy atom. The third-order valence-corrected chi connectivity index (χ3v) is 4.57. The van der Waals surface area contributed by atoms with Gasteiger partial charge in [0.1, 0.15) is 24.8 Å². The van der Waals surface area contributed by atoms with Crippen molar-refractivity contribution in [1.29, 1.82) is 0 Å². The second kappa shape index (κ2) is 7.23. The molecule has 3 amide bonds. The fourth-order valence-electron chi connectivity index (χ4n) is 3.20. The molecule has 1 atom stereocenters. The highest BCUT2D eigenvalue weighted by Crippen LogP contribution is 2.31. The van der Waals surface area contributed by atoms with Crippen LogP contribution >= 0.6 is 0 Å². The predicted octanol–water partition coefficient (Wildman–Crippen LogP) is 1.15.